The number of rotatable bonds is 5. The zero-order valence-electron chi connectivity index (χ0n) is 12.3. The van der Waals surface area contributed by atoms with E-state index in [1.165, 1.54) is 14.2 Å². The first-order valence-corrected chi connectivity index (χ1v) is 6.63. The molecule has 0 saturated carbocycles. The molecule has 1 heterocycles. The van der Waals surface area contributed by atoms with E-state index in [1.54, 1.807) is 6.07 Å². The Hall–Kier alpha value is -2.24. The molecule has 0 aliphatic carbocycles. The van der Waals surface area contributed by atoms with Crippen molar-refractivity contribution in [3.05, 3.63) is 22.8 Å². The Morgan fingerprint density at radius 3 is 2.81 bits per heavy atom. The Morgan fingerprint density at radius 1 is 1.48 bits per heavy atom. The van der Waals surface area contributed by atoms with Crippen molar-refractivity contribution in [1.29, 1.82) is 0 Å². The number of carbonyl (C=O) groups is 2. The molecule has 21 heavy (non-hydrogen) atoms. The van der Waals surface area contributed by atoms with Gasteiger partial charge in [-0.1, -0.05) is 6.92 Å². The molecule has 1 N–H and O–H groups in total. The van der Waals surface area contributed by atoms with Gasteiger partial charge in [0.1, 0.15) is 18.1 Å². The van der Waals surface area contributed by atoms with E-state index in [4.69, 9.17) is 9.47 Å². The van der Waals surface area contributed by atoms with Crippen LogP contribution in [0.4, 0.5) is 0 Å². The number of carbonyl (C=O) groups excluding carboxylic acids is 2. The minimum absolute atomic E-state index is 0.00640. The maximum Gasteiger partial charge on any atom is 0.339 e. The lowest BCUT2D eigenvalue weighted by molar-refractivity contribution is -0.141. The highest BCUT2D eigenvalue weighted by Gasteiger charge is 2.29. The molecular weight excluding hydrogens is 276 g/mol. The van der Waals surface area contributed by atoms with E-state index in [2.05, 4.69) is 4.74 Å². The second kappa shape index (κ2) is 6.03. The fourth-order valence-corrected chi connectivity index (χ4v) is 2.44. The standard InChI is InChI=1S/C15H18O6/c1-8(5-13(16)20-3)4-10-12(19-2)6-9-11(14(10)17)7-21-15(9)18/h6,8,17H,4-5,7H2,1-3H3/t8-/m1/s1. The number of fused-ring (bicyclic) bond motifs is 1. The summed E-state index contributed by atoms with van der Waals surface area (Å²) >= 11 is 0. The van der Waals surface area contributed by atoms with E-state index in [1.807, 2.05) is 6.92 Å². The highest BCUT2D eigenvalue weighted by Crippen LogP contribution is 2.39. The molecule has 6 heteroatoms. The van der Waals surface area contributed by atoms with E-state index in [0.717, 1.165) is 0 Å². The van der Waals surface area contributed by atoms with Crippen molar-refractivity contribution in [1.82, 2.24) is 0 Å². The summed E-state index contributed by atoms with van der Waals surface area (Å²) < 4.78 is 14.8. The number of ether oxygens (including phenoxy) is 3. The normalized spacial score (nSPS) is 14.3. The highest BCUT2D eigenvalue weighted by atomic mass is 16.5. The third-order valence-electron chi connectivity index (χ3n) is 3.55. The molecule has 1 aromatic carbocycles. The summed E-state index contributed by atoms with van der Waals surface area (Å²) in [5.74, 6) is -0.379. The van der Waals surface area contributed by atoms with Crippen LogP contribution in [0.2, 0.25) is 0 Å². The van der Waals surface area contributed by atoms with Crippen molar-refractivity contribution >= 4 is 11.9 Å². The van der Waals surface area contributed by atoms with Crippen molar-refractivity contribution in [2.24, 2.45) is 5.92 Å². The summed E-state index contributed by atoms with van der Waals surface area (Å²) in [7, 11) is 2.81. The van der Waals surface area contributed by atoms with Gasteiger partial charge in [0.2, 0.25) is 0 Å². The Labute approximate surface area is 122 Å². The van der Waals surface area contributed by atoms with Crippen LogP contribution in [0.5, 0.6) is 11.5 Å². The van der Waals surface area contributed by atoms with E-state index < -0.39 is 5.97 Å². The Balaban J connectivity index is 2.31. The Kier molecular flexibility index (Phi) is 4.35. The quantitative estimate of drug-likeness (QED) is 0.834. The molecule has 1 aromatic rings. The first-order valence-electron chi connectivity index (χ1n) is 6.63. The second-order valence-electron chi connectivity index (χ2n) is 5.10. The molecule has 0 aromatic heterocycles. The Morgan fingerprint density at radius 2 is 2.19 bits per heavy atom. The van der Waals surface area contributed by atoms with Crippen molar-refractivity contribution in [2.75, 3.05) is 14.2 Å². The van der Waals surface area contributed by atoms with Gasteiger partial charge in [-0.2, -0.15) is 0 Å². The summed E-state index contributed by atoms with van der Waals surface area (Å²) in [4.78, 5) is 22.9. The molecule has 1 aliphatic rings. The average Bonchev–Trinajstić information content (AvgIpc) is 2.83. The van der Waals surface area contributed by atoms with Crippen LogP contribution < -0.4 is 4.74 Å². The van der Waals surface area contributed by atoms with Crippen molar-refractivity contribution in [2.45, 2.75) is 26.4 Å². The summed E-state index contributed by atoms with van der Waals surface area (Å²) in [6, 6.07) is 1.57. The zero-order valence-corrected chi connectivity index (χ0v) is 12.3. The van der Waals surface area contributed by atoms with E-state index in [9.17, 15) is 14.7 Å². The van der Waals surface area contributed by atoms with Gasteiger partial charge >= 0.3 is 11.9 Å². The van der Waals surface area contributed by atoms with Gasteiger partial charge in [0.15, 0.2) is 0 Å². The first kappa shape index (κ1) is 15.2. The van der Waals surface area contributed by atoms with Crippen molar-refractivity contribution in [3.8, 4) is 11.5 Å². The molecule has 6 nitrogen and oxygen atoms in total. The highest BCUT2D eigenvalue weighted by molar-refractivity contribution is 5.95. The van der Waals surface area contributed by atoms with Gasteiger partial charge in [-0.05, 0) is 18.4 Å². The minimum atomic E-state index is -0.465. The summed E-state index contributed by atoms with van der Waals surface area (Å²) in [6.07, 6.45) is 0.678. The van der Waals surface area contributed by atoms with E-state index in [0.29, 0.717) is 28.9 Å². The third-order valence-corrected chi connectivity index (χ3v) is 3.55. The number of phenols is 1. The molecule has 0 saturated heterocycles. The van der Waals surface area contributed by atoms with Gasteiger partial charge in [-0.3, -0.25) is 4.79 Å². The fourth-order valence-electron chi connectivity index (χ4n) is 2.44. The number of esters is 2. The van der Waals surface area contributed by atoms with Crippen molar-refractivity contribution < 1.29 is 28.9 Å². The van der Waals surface area contributed by atoms with Crippen LogP contribution in [0.15, 0.2) is 6.07 Å². The first-order chi connectivity index (χ1) is 9.97. The molecular formula is C15H18O6. The second-order valence-corrected chi connectivity index (χ2v) is 5.10. The number of benzene rings is 1. The zero-order chi connectivity index (χ0) is 15.6. The molecule has 2 rings (SSSR count). The van der Waals surface area contributed by atoms with Gasteiger partial charge in [-0.25, -0.2) is 4.79 Å². The lowest BCUT2D eigenvalue weighted by atomic mass is 9.93. The molecule has 114 valence electrons. The lowest BCUT2D eigenvalue weighted by Gasteiger charge is -2.16. The monoisotopic (exact) mass is 294 g/mol. The molecule has 0 unspecified atom stereocenters. The number of phenolic OH excluding ortho intramolecular Hbond substituents is 1. The number of aromatic hydroxyl groups is 1. The average molecular weight is 294 g/mol. The van der Waals surface area contributed by atoms with Crippen LogP contribution >= 0.6 is 0 Å². The van der Waals surface area contributed by atoms with Gasteiger partial charge in [0.25, 0.3) is 0 Å². The van der Waals surface area contributed by atoms with Crippen LogP contribution in [-0.2, 0) is 27.3 Å². The molecule has 0 spiro atoms. The summed E-state index contributed by atoms with van der Waals surface area (Å²) in [6.45, 7) is 1.94. The van der Waals surface area contributed by atoms with Crippen LogP contribution in [0, 0.1) is 5.92 Å². The number of cyclic esters (lactones) is 1. The van der Waals surface area contributed by atoms with Gasteiger partial charge < -0.3 is 19.3 Å². The number of hydrogen-bond donors (Lipinski definition) is 1. The summed E-state index contributed by atoms with van der Waals surface area (Å²) in [5, 5.41) is 10.4. The number of methoxy groups -OCH3 is 2. The number of hydrogen-bond acceptors (Lipinski definition) is 6. The van der Waals surface area contributed by atoms with Gasteiger partial charge in [-0.15, -0.1) is 0 Å². The molecule has 0 radical (unpaired) electrons. The maximum absolute atomic E-state index is 11.6. The van der Waals surface area contributed by atoms with E-state index >= 15 is 0 Å². The van der Waals surface area contributed by atoms with E-state index in [-0.39, 0.29) is 30.7 Å². The predicted octanol–water partition coefficient (Wildman–Crippen LogP) is 1.81. The van der Waals surface area contributed by atoms with Crippen LogP contribution in [0.25, 0.3) is 0 Å². The summed E-state index contributed by atoms with van der Waals surface area (Å²) in [5.41, 5.74) is 1.38. The fraction of sp³-hybridized carbons (Fsp3) is 0.467. The maximum atomic E-state index is 11.6. The molecule has 0 amide bonds. The van der Waals surface area contributed by atoms with Crippen LogP contribution in [-0.4, -0.2) is 31.3 Å². The molecule has 1 atom stereocenters. The van der Waals surface area contributed by atoms with Gasteiger partial charge in [0.05, 0.1) is 19.8 Å². The van der Waals surface area contributed by atoms with Crippen molar-refractivity contribution in [3.63, 3.8) is 0 Å². The molecule has 1 aliphatic heterocycles. The minimum Gasteiger partial charge on any atom is -0.507 e. The third kappa shape index (κ3) is 2.94. The largest absolute Gasteiger partial charge is 0.507 e. The SMILES string of the molecule is COC(=O)C[C@H](C)Cc1c(OC)cc2c(c1O)COC2=O. The smallest absolute Gasteiger partial charge is 0.339 e. The lowest BCUT2D eigenvalue weighted by Crippen LogP contribution is -2.10. The Bertz CT molecular complexity index is 578. The molecule has 0 fully saturated rings. The van der Waals surface area contributed by atoms with Gasteiger partial charge in [0, 0.05) is 17.5 Å². The van der Waals surface area contributed by atoms with Crippen LogP contribution in [0.1, 0.15) is 34.8 Å². The predicted molar refractivity (Wildman–Crippen MR) is 73.3 cm³/mol. The van der Waals surface area contributed by atoms with Crippen LogP contribution in [0.3, 0.4) is 0 Å². The molecule has 0 bridgehead atoms. The topological polar surface area (TPSA) is 82.1 Å².